The van der Waals surface area contributed by atoms with E-state index in [0.717, 1.165) is 12.0 Å². The molecule has 1 aromatic carbocycles. The quantitative estimate of drug-likeness (QED) is 0.853. The molecule has 1 aliphatic rings. The third-order valence-electron chi connectivity index (χ3n) is 3.16. The normalized spacial score (nSPS) is 25.2. The summed E-state index contributed by atoms with van der Waals surface area (Å²) < 4.78 is 0. The van der Waals surface area contributed by atoms with E-state index in [2.05, 4.69) is 0 Å². The predicted molar refractivity (Wildman–Crippen MR) is 67.5 cm³/mol. The van der Waals surface area contributed by atoms with Crippen LogP contribution in [0.3, 0.4) is 0 Å². The molecule has 0 spiro atoms. The fourth-order valence-electron chi connectivity index (χ4n) is 2.09. The standard InChI is InChI=1S/C12H13Cl2NO2/c1-15-5-4-8(11(16)12(15)17)7-2-3-9(13)10(14)6-7/h2-3,6,8,11,16H,4-5H2,1H3/t8-,11+/m1/s1. The van der Waals surface area contributed by atoms with Crippen LogP contribution < -0.4 is 0 Å². The van der Waals surface area contributed by atoms with E-state index in [1.54, 1.807) is 30.1 Å². The molecule has 1 saturated heterocycles. The Hall–Kier alpha value is -0.770. The van der Waals surface area contributed by atoms with Gasteiger partial charge >= 0.3 is 0 Å². The monoisotopic (exact) mass is 273 g/mol. The van der Waals surface area contributed by atoms with Crippen LogP contribution in [0.2, 0.25) is 10.0 Å². The minimum Gasteiger partial charge on any atom is -0.383 e. The Morgan fingerprint density at radius 1 is 1.35 bits per heavy atom. The van der Waals surface area contributed by atoms with Gasteiger partial charge in [-0.2, -0.15) is 0 Å². The van der Waals surface area contributed by atoms with Crippen molar-refractivity contribution in [1.29, 1.82) is 0 Å². The largest absolute Gasteiger partial charge is 0.383 e. The van der Waals surface area contributed by atoms with E-state index in [1.165, 1.54) is 0 Å². The first-order valence-corrected chi connectivity index (χ1v) is 6.14. The summed E-state index contributed by atoms with van der Waals surface area (Å²) in [5.74, 6) is -0.444. The lowest BCUT2D eigenvalue weighted by Gasteiger charge is -2.33. The molecular formula is C12H13Cl2NO2. The average molecular weight is 274 g/mol. The van der Waals surface area contributed by atoms with E-state index >= 15 is 0 Å². The lowest BCUT2D eigenvalue weighted by molar-refractivity contribution is -0.143. The molecule has 0 saturated carbocycles. The zero-order chi connectivity index (χ0) is 12.6. The van der Waals surface area contributed by atoms with Crippen LogP contribution >= 0.6 is 23.2 Å². The van der Waals surface area contributed by atoms with E-state index in [-0.39, 0.29) is 11.8 Å². The minimum absolute atomic E-state index is 0.200. The predicted octanol–water partition coefficient (Wildman–Crippen LogP) is 2.30. The third kappa shape index (κ3) is 2.41. The first-order valence-electron chi connectivity index (χ1n) is 5.38. The Labute approximate surface area is 110 Å². The van der Waals surface area contributed by atoms with Crippen LogP contribution in [-0.2, 0) is 4.79 Å². The van der Waals surface area contributed by atoms with Crippen LogP contribution in [0.15, 0.2) is 18.2 Å². The highest BCUT2D eigenvalue weighted by atomic mass is 35.5. The van der Waals surface area contributed by atoms with Gasteiger partial charge in [0.15, 0.2) is 0 Å². The Balaban J connectivity index is 2.28. The highest BCUT2D eigenvalue weighted by Crippen LogP contribution is 2.32. The van der Waals surface area contributed by atoms with Crippen LogP contribution in [0.25, 0.3) is 0 Å². The second-order valence-electron chi connectivity index (χ2n) is 4.27. The van der Waals surface area contributed by atoms with Crippen LogP contribution in [0, 0.1) is 0 Å². The number of amides is 1. The second-order valence-corrected chi connectivity index (χ2v) is 5.09. The van der Waals surface area contributed by atoms with E-state index in [0.29, 0.717) is 16.6 Å². The zero-order valence-corrected chi connectivity index (χ0v) is 10.9. The highest BCUT2D eigenvalue weighted by Gasteiger charge is 2.34. The van der Waals surface area contributed by atoms with Crippen molar-refractivity contribution in [1.82, 2.24) is 4.90 Å². The van der Waals surface area contributed by atoms with Gasteiger partial charge in [0.1, 0.15) is 6.10 Å². The van der Waals surface area contributed by atoms with Gasteiger partial charge in [-0.05, 0) is 24.1 Å². The van der Waals surface area contributed by atoms with Gasteiger partial charge in [-0.1, -0.05) is 29.3 Å². The molecule has 0 aromatic heterocycles. The van der Waals surface area contributed by atoms with Crippen molar-refractivity contribution in [2.45, 2.75) is 18.4 Å². The maximum Gasteiger partial charge on any atom is 0.251 e. The van der Waals surface area contributed by atoms with Gasteiger partial charge in [0.25, 0.3) is 5.91 Å². The summed E-state index contributed by atoms with van der Waals surface area (Å²) in [5, 5.41) is 10.9. The molecule has 1 fully saturated rings. The lowest BCUT2D eigenvalue weighted by Crippen LogP contribution is -2.45. The Kier molecular flexibility index (Phi) is 3.61. The molecule has 1 heterocycles. The van der Waals surface area contributed by atoms with Gasteiger partial charge in [0.2, 0.25) is 0 Å². The number of aliphatic hydroxyl groups excluding tert-OH is 1. The number of hydrogen-bond donors (Lipinski definition) is 1. The summed E-state index contributed by atoms with van der Waals surface area (Å²) in [7, 11) is 1.69. The number of carbonyl (C=O) groups excluding carboxylic acids is 1. The molecule has 0 unspecified atom stereocenters. The number of carbonyl (C=O) groups is 1. The van der Waals surface area contributed by atoms with Gasteiger partial charge in [0, 0.05) is 19.5 Å². The Morgan fingerprint density at radius 3 is 2.71 bits per heavy atom. The summed E-state index contributed by atoms with van der Waals surface area (Å²) in [5.41, 5.74) is 0.855. The molecule has 1 N–H and O–H groups in total. The molecule has 0 aliphatic carbocycles. The first kappa shape index (κ1) is 12.7. The van der Waals surface area contributed by atoms with Gasteiger partial charge in [0.05, 0.1) is 10.0 Å². The van der Waals surface area contributed by atoms with Crippen LogP contribution in [0.5, 0.6) is 0 Å². The molecule has 1 aromatic rings. The van der Waals surface area contributed by atoms with E-state index in [1.807, 2.05) is 0 Å². The first-order chi connectivity index (χ1) is 8.00. The van der Waals surface area contributed by atoms with E-state index in [9.17, 15) is 9.90 Å². The zero-order valence-electron chi connectivity index (χ0n) is 9.36. The smallest absolute Gasteiger partial charge is 0.251 e. The van der Waals surface area contributed by atoms with Gasteiger partial charge in [-0.15, -0.1) is 0 Å². The van der Waals surface area contributed by atoms with E-state index < -0.39 is 6.10 Å². The SMILES string of the molecule is CN1CC[C@H](c2ccc(Cl)c(Cl)c2)[C@H](O)C1=O. The third-order valence-corrected chi connectivity index (χ3v) is 3.90. The van der Waals surface area contributed by atoms with Crippen molar-refractivity contribution < 1.29 is 9.90 Å². The number of likely N-dealkylation sites (tertiary alicyclic amines) is 1. The van der Waals surface area contributed by atoms with Gasteiger partial charge < -0.3 is 10.0 Å². The lowest BCUT2D eigenvalue weighted by atomic mass is 9.87. The fourth-order valence-corrected chi connectivity index (χ4v) is 2.40. The Bertz CT molecular complexity index is 450. The number of nitrogens with zero attached hydrogens (tertiary/aromatic N) is 1. The van der Waals surface area contributed by atoms with E-state index in [4.69, 9.17) is 23.2 Å². The van der Waals surface area contributed by atoms with Crippen molar-refractivity contribution in [3.8, 4) is 0 Å². The van der Waals surface area contributed by atoms with Crippen molar-refractivity contribution >= 4 is 29.1 Å². The number of hydrogen-bond acceptors (Lipinski definition) is 2. The second kappa shape index (κ2) is 4.84. The fraction of sp³-hybridized carbons (Fsp3) is 0.417. The summed E-state index contributed by atoms with van der Waals surface area (Å²) in [6.45, 7) is 0.640. The number of halogens is 2. The number of aliphatic hydroxyl groups is 1. The average Bonchev–Trinajstić information content (AvgIpc) is 2.30. The topological polar surface area (TPSA) is 40.5 Å². The summed E-state index contributed by atoms with van der Waals surface area (Å²) in [4.78, 5) is 13.2. The molecule has 0 radical (unpaired) electrons. The molecule has 17 heavy (non-hydrogen) atoms. The maximum absolute atomic E-state index is 11.7. The molecule has 5 heteroatoms. The van der Waals surface area contributed by atoms with Crippen LogP contribution in [-0.4, -0.2) is 35.6 Å². The molecule has 2 rings (SSSR count). The summed E-state index contributed by atoms with van der Waals surface area (Å²) in [6.07, 6.45) is -0.271. The molecule has 0 bridgehead atoms. The van der Waals surface area contributed by atoms with Gasteiger partial charge in [-0.3, -0.25) is 4.79 Å². The van der Waals surface area contributed by atoms with Crippen molar-refractivity contribution in [2.75, 3.05) is 13.6 Å². The Morgan fingerprint density at radius 2 is 2.06 bits per heavy atom. The summed E-state index contributed by atoms with van der Waals surface area (Å²) in [6, 6.07) is 5.21. The summed E-state index contributed by atoms with van der Waals surface area (Å²) >= 11 is 11.8. The van der Waals surface area contributed by atoms with Crippen LogP contribution in [0.4, 0.5) is 0 Å². The maximum atomic E-state index is 11.7. The molecule has 2 atom stereocenters. The van der Waals surface area contributed by atoms with Crippen LogP contribution in [0.1, 0.15) is 17.9 Å². The molecule has 1 amide bonds. The van der Waals surface area contributed by atoms with Gasteiger partial charge in [-0.25, -0.2) is 0 Å². The molecule has 3 nitrogen and oxygen atoms in total. The van der Waals surface area contributed by atoms with Crippen molar-refractivity contribution in [3.63, 3.8) is 0 Å². The minimum atomic E-state index is -0.994. The highest BCUT2D eigenvalue weighted by molar-refractivity contribution is 6.42. The number of piperidine rings is 1. The number of likely N-dealkylation sites (N-methyl/N-ethyl adjacent to an activating group) is 1. The molecule has 92 valence electrons. The van der Waals surface area contributed by atoms with Crippen molar-refractivity contribution in [2.24, 2.45) is 0 Å². The number of rotatable bonds is 1. The molecular weight excluding hydrogens is 261 g/mol. The number of benzene rings is 1. The van der Waals surface area contributed by atoms with Crippen molar-refractivity contribution in [3.05, 3.63) is 33.8 Å². The molecule has 1 aliphatic heterocycles.